The van der Waals surface area contributed by atoms with Gasteiger partial charge in [-0.3, -0.25) is 0 Å². The van der Waals surface area contributed by atoms with Gasteiger partial charge in [0, 0.05) is 0 Å². The van der Waals surface area contributed by atoms with Crippen LogP contribution in [0.5, 0.6) is 5.75 Å². The smallest absolute Gasteiger partial charge is 0.115 e. The summed E-state index contributed by atoms with van der Waals surface area (Å²) in [5.74, 6) is 0.322. The van der Waals surface area contributed by atoms with Crippen molar-refractivity contribution in [1.82, 2.24) is 0 Å². The number of phenols is 1. The molecule has 42 valence electrons. The zero-order valence-electron chi connectivity index (χ0n) is 3.83. The van der Waals surface area contributed by atoms with Crippen LogP contribution in [0.25, 0.3) is 0 Å². The topological polar surface area (TPSA) is 20.2 Å². The SMILES string of the molecule is B.Oc1ccccc1. The third kappa shape index (κ3) is 1.69. The fraction of sp³-hybridized carbons (Fsp3) is 0. The summed E-state index contributed by atoms with van der Waals surface area (Å²) in [6, 6.07) is 8.71. The molecule has 2 heteroatoms. The van der Waals surface area contributed by atoms with Crippen molar-refractivity contribution in [2.75, 3.05) is 0 Å². The van der Waals surface area contributed by atoms with E-state index >= 15 is 0 Å². The number of phenolic OH excluding ortho intramolecular Hbond substituents is 1. The van der Waals surface area contributed by atoms with Crippen molar-refractivity contribution in [1.29, 1.82) is 0 Å². The van der Waals surface area contributed by atoms with Crippen molar-refractivity contribution < 1.29 is 5.11 Å². The third-order valence-electron chi connectivity index (χ3n) is 0.756. The molecule has 0 aromatic heterocycles. The average Bonchev–Trinajstić information content (AvgIpc) is 1.69. The molecule has 0 aliphatic carbocycles. The molecule has 0 unspecified atom stereocenters. The van der Waals surface area contributed by atoms with Crippen LogP contribution in [-0.4, -0.2) is 13.5 Å². The zero-order chi connectivity index (χ0) is 5.11. The molecule has 1 rings (SSSR count). The second kappa shape index (κ2) is 3.13. The first-order valence-corrected chi connectivity index (χ1v) is 2.13. The third-order valence-corrected chi connectivity index (χ3v) is 0.756. The summed E-state index contributed by atoms with van der Waals surface area (Å²) >= 11 is 0. The van der Waals surface area contributed by atoms with Gasteiger partial charge in [0.1, 0.15) is 5.75 Å². The summed E-state index contributed by atoms with van der Waals surface area (Å²) in [4.78, 5) is 0. The van der Waals surface area contributed by atoms with E-state index in [1.807, 2.05) is 6.07 Å². The van der Waals surface area contributed by atoms with Gasteiger partial charge in [0.15, 0.2) is 0 Å². The Bertz CT molecular complexity index is 138. The molecule has 1 aromatic rings. The van der Waals surface area contributed by atoms with Crippen LogP contribution in [0.1, 0.15) is 0 Å². The Labute approximate surface area is 50.5 Å². The Morgan fingerprint density at radius 3 is 1.75 bits per heavy atom. The predicted octanol–water partition coefficient (Wildman–Crippen LogP) is 0.208. The summed E-state index contributed by atoms with van der Waals surface area (Å²) in [5, 5.41) is 8.63. The first-order chi connectivity index (χ1) is 3.39. The van der Waals surface area contributed by atoms with Gasteiger partial charge in [0.2, 0.25) is 0 Å². The normalized spacial score (nSPS) is 7.50. The average molecular weight is 108 g/mol. The molecule has 0 saturated heterocycles. The Hall–Kier alpha value is -0.915. The van der Waals surface area contributed by atoms with Crippen LogP contribution in [0.3, 0.4) is 0 Å². The van der Waals surface area contributed by atoms with E-state index in [1.165, 1.54) is 0 Å². The fourth-order valence-electron chi connectivity index (χ4n) is 0.428. The van der Waals surface area contributed by atoms with E-state index in [4.69, 9.17) is 5.11 Å². The lowest BCUT2D eigenvalue weighted by Gasteiger charge is -1.82. The maximum absolute atomic E-state index is 8.63. The molecular weight excluding hydrogens is 98.9 g/mol. The highest BCUT2D eigenvalue weighted by atomic mass is 16.3. The van der Waals surface area contributed by atoms with Gasteiger partial charge in [-0.05, 0) is 12.1 Å². The van der Waals surface area contributed by atoms with Gasteiger partial charge in [-0.1, -0.05) is 18.2 Å². The van der Waals surface area contributed by atoms with Crippen LogP contribution in [0.4, 0.5) is 0 Å². The molecule has 0 aliphatic rings. The number of rotatable bonds is 0. The summed E-state index contributed by atoms with van der Waals surface area (Å²) in [5.41, 5.74) is 0. The number of benzene rings is 1. The highest BCUT2D eigenvalue weighted by Gasteiger charge is 1.74. The van der Waals surface area contributed by atoms with Gasteiger partial charge in [0.25, 0.3) is 0 Å². The minimum Gasteiger partial charge on any atom is -0.508 e. The standard InChI is InChI=1S/C6H6O.BH3/c7-6-4-2-1-3-5-6;/h1-5,7H;1H3. The summed E-state index contributed by atoms with van der Waals surface area (Å²) in [6.45, 7) is 0. The highest BCUT2D eigenvalue weighted by molar-refractivity contribution is 5.75. The molecule has 1 nitrogen and oxygen atoms in total. The van der Waals surface area contributed by atoms with Crippen LogP contribution < -0.4 is 0 Å². The van der Waals surface area contributed by atoms with Gasteiger partial charge in [0.05, 0.1) is 8.41 Å². The van der Waals surface area contributed by atoms with Crippen LogP contribution in [0.15, 0.2) is 30.3 Å². The van der Waals surface area contributed by atoms with Crippen molar-refractivity contribution in [3.8, 4) is 5.75 Å². The molecule has 0 saturated carbocycles. The monoisotopic (exact) mass is 108 g/mol. The van der Waals surface area contributed by atoms with Crippen molar-refractivity contribution in [3.05, 3.63) is 30.3 Å². The van der Waals surface area contributed by atoms with Gasteiger partial charge in [-0.2, -0.15) is 0 Å². The lowest BCUT2D eigenvalue weighted by atomic mass is 10.3. The molecule has 0 spiro atoms. The molecule has 0 bridgehead atoms. The predicted molar refractivity (Wildman–Crippen MR) is 38.0 cm³/mol. The zero-order valence-corrected chi connectivity index (χ0v) is 3.83. The van der Waals surface area contributed by atoms with Gasteiger partial charge < -0.3 is 5.11 Å². The summed E-state index contributed by atoms with van der Waals surface area (Å²) < 4.78 is 0. The van der Waals surface area contributed by atoms with Gasteiger partial charge >= 0.3 is 0 Å². The van der Waals surface area contributed by atoms with E-state index in [0.29, 0.717) is 5.75 Å². The largest absolute Gasteiger partial charge is 0.508 e. The molecule has 0 atom stereocenters. The Morgan fingerprint density at radius 1 is 1.00 bits per heavy atom. The van der Waals surface area contributed by atoms with E-state index in [9.17, 15) is 0 Å². The molecule has 0 fully saturated rings. The molecule has 0 amide bonds. The molecule has 0 heterocycles. The van der Waals surface area contributed by atoms with Crippen LogP contribution in [-0.2, 0) is 0 Å². The Morgan fingerprint density at radius 2 is 1.50 bits per heavy atom. The first kappa shape index (κ1) is 7.08. The lowest BCUT2D eigenvalue weighted by molar-refractivity contribution is 0.475. The Balaban J connectivity index is 0.000000490. The number of para-hydroxylation sites is 1. The molecule has 1 aromatic carbocycles. The van der Waals surface area contributed by atoms with Crippen molar-refractivity contribution >= 4 is 8.41 Å². The quantitative estimate of drug-likeness (QED) is 0.471. The number of hydrogen-bond acceptors (Lipinski definition) is 1. The highest BCUT2D eigenvalue weighted by Crippen LogP contribution is 2.02. The number of aromatic hydroxyl groups is 1. The molecule has 8 heavy (non-hydrogen) atoms. The van der Waals surface area contributed by atoms with E-state index in [0.717, 1.165) is 0 Å². The molecule has 0 radical (unpaired) electrons. The van der Waals surface area contributed by atoms with E-state index in [1.54, 1.807) is 24.3 Å². The van der Waals surface area contributed by atoms with Gasteiger partial charge in [-0.15, -0.1) is 0 Å². The fourth-order valence-corrected chi connectivity index (χ4v) is 0.428. The first-order valence-electron chi connectivity index (χ1n) is 2.13. The van der Waals surface area contributed by atoms with E-state index in [-0.39, 0.29) is 8.41 Å². The van der Waals surface area contributed by atoms with Gasteiger partial charge in [-0.25, -0.2) is 0 Å². The molecule has 1 N–H and O–H groups in total. The second-order valence-electron chi connectivity index (χ2n) is 1.34. The minimum atomic E-state index is 0. The Kier molecular flexibility index (Phi) is 2.78. The summed E-state index contributed by atoms with van der Waals surface area (Å²) in [7, 11) is 0. The van der Waals surface area contributed by atoms with Crippen molar-refractivity contribution in [3.63, 3.8) is 0 Å². The molecular formula is C6H9BO. The van der Waals surface area contributed by atoms with Crippen LogP contribution >= 0.6 is 0 Å². The van der Waals surface area contributed by atoms with E-state index in [2.05, 4.69) is 0 Å². The summed E-state index contributed by atoms with van der Waals surface area (Å²) in [6.07, 6.45) is 0. The van der Waals surface area contributed by atoms with Crippen LogP contribution in [0.2, 0.25) is 0 Å². The molecule has 0 aliphatic heterocycles. The minimum absolute atomic E-state index is 0. The maximum Gasteiger partial charge on any atom is 0.115 e. The van der Waals surface area contributed by atoms with Crippen molar-refractivity contribution in [2.24, 2.45) is 0 Å². The van der Waals surface area contributed by atoms with E-state index < -0.39 is 0 Å². The second-order valence-corrected chi connectivity index (χ2v) is 1.34. The number of hydrogen-bond donors (Lipinski definition) is 1. The maximum atomic E-state index is 8.63. The van der Waals surface area contributed by atoms with Crippen molar-refractivity contribution in [2.45, 2.75) is 0 Å². The van der Waals surface area contributed by atoms with Crippen LogP contribution in [0, 0.1) is 0 Å². The lowest BCUT2D eigenvalue weighted by Crippen LogP contribution is -1.56.